The molecule has 0 spiro atoms. The van der Waals surface area contributed by atoms with Crippen molar-refractivity contribution in [2.75, 3.05) is 11.9 Å². The molecule has 14 heteroatoms. The lowest BCUT2D eigenvalue weighted by Crippen LogP contribution is -2.27. The monoisotopic (exact) mass is 641 g/mol. The number of hydrogen-bond acceptors (Lipinski definition) is 7. The van der Waals surface area contributed by atoms with Crippen LogP contribution in [0.1, 0.15) is 31.9 Å². The molecule has 0 unspecified atom stereocenters. The summed E-state index contributed by atoms with van der Waals surface area (Å²) in [6.45, 7) is 4.95. The van der Waals surface area contributed by atoms with Crippen LogP contribution in [0.4, 0.5) is 32.4 Å². The summed E-state index contributed by atoms with van der Waals surface area (Å²) in [5.41, 5.74) is 0.143. The minimum absolute atomic E-state index is 0.0178. The van der Waals surface area contributed by atoms with E-state index >= 15 is 8.78 Å². The maximum atomic E-state index is 15.8. The summed E-state index contributed by atoms with van der Waals surface area (Å²) in [6.07, 6.45) is -3.34. The predicted molar refractivity (Wildman–Crippen MR) is 159 cm³/mol. The molecule has 0 saturated carbocycles. The highest BCUT2D eigenvalue weighted by molar-refractivity contribution is 5.93. The van der Waals surface area contributed by atoms with Gasteiger partial charge in [-0.2, -0.15) is 18.2 Å². The predicted octanol–water partition coefficient (Wildman–Crippen LogP) is 7.94. The van der Waals surface area contributed by atoms with Crippen molar-refractivity contribution >= 4 is 22.8 Å². The molecule has 3 aromatic heterocycles. The third kappa shape index (κ3) is 7.33. The van der Waals surface area contributed by atoms with Crippen LogP contribution in [0.2, 0.25) is 0 Å². The van der Waals surface area contributed by atoms with E-state index in [1.165, 1.54) is 22.9 Å². The molecule has 0 radical (unpaired) electrons. The number of alkyl halides is 3. The Hall–Kier alpha value is -5.27. The number of nitrogens with zero attached hydrogens (tertiary/aromatic N) is 4. The third-order valence-electron chi connectivity index (χ3n) is 6.44. The second-order valence-corrected chi connectivity index (χ2v) is 11.2. The molecular formula is C32H28F5N5O4. The number of rotatable bonds is 8. The Balaban J connectivity index is 1.62. The number of carbonyl (C=O) groups excluding carboxylic acids is 1. The highest BCUT2D eigenvalue weighted by atomic mass is 19.4. The molecule has 0 atom stereocenters. The van der Waals surface area contributed by atoms with Gasteiger partial charge < -0.3 is 18.8 Å². The van der Waals surface area contributed by atoms with Crippen LogP contribution in [0.3, 0.4) is 0 Å². The van der Waals surface area contributed by atoms with Gasteiger partial charge in [0.25, 0.3) is 0 Å². The van der Waals surface area contributed by atoms with Crippen LogP contribution in [0.15, 0.2) is 67.1 Å². The maximum Gasteiger partial charge on any atom is 0.422 e. The summed E-state index contributed by atoms with van der Waals surface area (Å²) < 4.78 is 87.8. The van der Waals surface area contributed by atoms with E-state index in [0.29, 0.717) is 5.56 Å². The van der Waals surface area contributed by atoms with Crippen molar-refractivity contribution in [3.63, 3.8) is 0 Å². The van der Waals surface area contributed by atoms with Crippen molar-refractivity contribution in [2.24, 2.45) is 0 Å². The summed E-state index contributed by atoms with van der Waals surface area (Å²) in [6, 6.07) is 14.0. The van der Waals surface area contributed by atoms with E-state index in [0.717, 1.165) is 24.0 Å². The molecule has 1 N–H and O–H groups in total. The van der Waals surface area contributed by atoms with Crippen LogP contribution in [0, 0.1) is 18.6 Å². The van der Waals surface area contributed by atoms with Gasteiger partial charge >= 0.3 is 12.3 Å². The molecule has 5 rings (SSSR count). The second kappa shape index (κ2) is 12.6. The van der Waals surface area contributed by atoms with Gasteiger partial charge in [-0.05, 0) is 45.4 Å². The standard InChI is InChI=1S/C32H28F5N5O4/c1-18-25-28(29(40-17-39-25)45-16-32(35,36)37)42(21-10-11-24(22(33)13-21)44-15-19-8-6-5-7-9-19)27(18)26-23(34)12-20(14-38-26)41-30(43)46-31(2,3)4/h5-14,17H,15-16H2,1-4H3,(H,41,43). The van der Waals surface area contributed by atoms with E-state index in [9.17, 15) is 18.0 Å². The van der Waals surface area contributed by atoms with E-state index in [2.05, 4.69) is 20.3 Å². The minimum Gasteiger partial charge on any atom is -0.486 e. The van der Waals surface area contributed by atoms with Gasteiger partial charge in [-0.3, -0.25) is 5.32 Å². The summed E-state index contributed by atoms with van der Waals surface area (Å²) >= 11 is 0. The number of fused-ring (bicyclic) bond motifs is 1. The van der Waals surface area contributed by atoms with Crippen LogP contribution in [-0.4, -0.2) is 44.0 Å². The van der Waals surface area contributed by atoms with Crippen LogP contribution in [0.5, 0.6) is 11.6 Å². The smallest absolute Gasteiger partial charge is 0.422 e. The normalized spacial score (nSPS) is 11.8. The Kier molecular flexibility index (Phi) is 8.81. The molecule has 240 valence electrons. The number of halogens is 5. The van der Waals surface area contributed by atoms with Gasteiger partial charge in [0.2, 0.25) is 5.88 Å². The lowest BCUT2D eigenvalue weighted by atomic mass is 10.1. The number of hydrogen-bond donors (Lipinski definition) is 1. The van der Waals surface area contributed by atoms with E-state index in [1.807, 2.05) is 30.3 Å². The van der Waals surface area contributed by atoms with Gasteiger partial charge in [-0.25, -0.2) is 23.5 Å². The topological polar surface area (TPSA) is 100 Å². The fourth-order valence-corrected chi connectivity index (χ4v) is 4.61. The number of pyridine rings is 1. The lowest BCUT2D eigenvalue weighted by molar-refractivity contribution is -0.153. The van der Waals surface area contributed by atoms with Crippen molar-refractivity contribution in [3.8, 4) is 28.7 Å². The van der Waals surface area contributed by atoms with Crippen molar-refractivity contribution in [1.82, 2.24) is 19.5 Å². The average Bonchev–Trinajstić information content (AvgIpc) is 3.27. The number of nitrogens with one attached hydrogen (secondary N) is 1. The Labute approximate surface area is 260 Å². The van der Waals surface area contributed by atoms with Crippen molar-refractivity contribution in [3.05, 3.63) is 89.9 Å². The van der Waals surface area contributed by atoms with E-state index in [-0.39, 0.29) is 46.2 Å². The molecule has 1 amide bonds. The zero-order valence-electron chi connectivity index (χ0n) is 25.1. The van der Waals surface area contributed by atoms with E-state index < -0.39 is 42.0 Å². The van der Waals surface area contributed by atoms with Crippen LogP contribution in [-0.2, 0) is 11.3 Å². The molecule has 0 aliphatic heterocycles. The van der Waals surface area contributed by atoms with Crippen LogP contribution < -0.4 is 14.8 Å². The Morgan fingerprint density at radius 3 is 2.33 bits per heavy atom. The fourth-order valence-electron chi connectivity index (χ4n) is 4.61. The Morgan fingerprint density at radius 1 is 0.935 bits per heavy atom. The van der Waals surface area contributed by atoms with Gasteiger partial charge in [0, 0.05) is 23.4 Å². The number of aryl methyl sites for hydroxylation is 1. The summed E-state index contributed by atoms with van der Waals surface area (Å²) in [5.74, 6) is -2.26. The Bertz CT molecular complexity index is 1890. The average molecular weight is 642 g/mol. The van der Waals surface area contributed by atoms with Gasteiger partial charge in [0.15, 0.2) is 24.0 Å². The molecule has 0 aliphatic carbocycles. The molecule has 46 heavy (non-hydrogen) atoms. The van der Waals surface area contributed by atoms with Gasteiger partial charge in [-0.1, -0.05) is 30.3 Å². The quantitative estimate of drug-likeness (QED) is 0.172. The van der Waals surface area contributed by atoms with E-state index in [1.54, 1.807) is 27.7 Å². The zero-order valence-corrected chi connectivity index (χ0v) is 25.1. The highest BCUT2D eigenvalue weighted by Crippen LogP contribution is 2.40. The van der Waals surface area contributed by atoms with Gasteiger partial charge in [-0.15, -0.1) is 0 Å². The minimum atomic E-state index is -4.69. The zero-order chi connectivity index (χ0) is 33.2. The van der Waals surface area contributed by atoms with Crippen molar-refractivity contribution in [1.29, 1.82) is 0 Å². The molecular weight excluding hydrogens is 613 g/mol. The number of anilines is 1. The van der Waals surface area contributed by atoms with Crippen LogP contribution >= 0.6 is 0 Å². The first-order chi connectivity index (χ1) is 21.7. The molecule has 0 aliphatic rings. The first-order valence-corrected chi connectivity index (χ1v) is 13.9. The second-order valence-electron chi connectivity index (χ2n) is 11.2. The number of benzene rings is 2. The fraction of sp³-hybridized carbons (Fsp3) is 0.250. The number of aromatic nitrogens is 4. The van der Waals surface area contributed by atoms with E-state index in [4.69, 9.17) is 14.2 Å². The molecule has 0 saturated heterocycles. The summed E-state index contributed by atoms with van der Waals surface area (Å²) in [4.78, 5) is 24.5. The van der Waals surface area contributed by atoms with Crippen LogP contribution in [0.25, 0.3) is 28.1 Å². The highest BCUT2D eigenvalue weighted by Gasteiger charge is 2.31. The molecule has 0 fully saturated rings. The van der Waals surface area contributed by atoms with Gasteiger partial charge in [0.05, 0.1) is 23.1 Å². The van der Waals surface area contributed by atoms with Crippen molar-refractivity contribution < 1.29 is 41.0 Å². The molecule has 2 aromatic carbocycles. The first-order valence-electron chi connectivity index (χ1n) is 13.9. The summed E-state index contributed by atoms with van der Waals surface area (Å²) in [7, 11) is 0. The SMILES string of the molecule is Cc1c(-c2ncc(NC(=O)OC(C)(C)C)cc2F)n(-c2ccc(OCc3ccccc3)c(F)c2)c2c(OCC(F)(F)F)ncnc12. The maximum absolute atomic E-state index is 15.8. The molecule has 3 heterocycles. The first kappa shape index (κ1) is 32.1. The van der Waals surface area contributed by atoms with Gasteiger partial charge in [0.1, 0.15) is 29.7 Å². The molecule has 9 nitrogen and oxygen atoms in total. The number of ether oxygens (including phenoxy) is 3. The largest absolute Gasteiger partial charge is 0.486 e. The summed E-state index contributed by atoms with van der Waals surface area (Å²) in [5, 5.41) is 2.40. The Morgan fingerprint density at radius 2 is 1.67 bits per heavy atom. The molecule has 0 bridgehead atoms. The third-order valence-corrected chi connectivity index (χ3v) is 6.44. The molecule has 5 aromatic rings. The lowest BCUT2D eigenvalue weighted by Gasteiger charge is -2.19. The number of amides is 1. The van der Waals surface area contributed by atoms with Crippen molar-refractivity contribution in [2.45, 2.75) is 46.1 Å². The number of carbonyl (C=O) groups is 1.